The first-order valence-electron chi connectivity index (χ1n) is 11.9. The zero-order valence-electron chi connectivity index (χ0n) is 19.7. The van der Waals surface area contributed by atoms with E-state index in [0.29, 0.717) is 51.3 Å². The molecule has 9 nitrogen and oxygen atoms in total. The summed E-state index contributed by atoms with van der Waals surface area (Å²) in [7, 11) is 1.60. The highest BCUT2D eigenvalue weighted by Crippen LogP contribution is 2.27. The lowest BCUT2D eigenvalue weighted by Gasteiger charge is -2.39. The number of hydrogen-bond donors (Lipinski definition) is 0. The third-order valence-corrected chi connectivity index (χ3v) is 6.58. The molecule has 1 atom stereocenters. The molecule has 0 radical (unpaired) electrons. The number of amides is 2. The van der Waals surface area contributed by atoms with E-state index < -0.39 is 6.04 Å². The van der Waals surface area contributed by atoms with Crippen molar-refractivity contribution in [3.05, 3.63) is 36.0 Å². The van der Waals surface area contributed by atoms with Gasteiger partial charge >= 0.3 is 5.97 Å². The second kappa shape index (κ2) is 10.7. The van der Waals surface area contributed by atoms with E-state index in [1.807, 2.05) is 24.3 Å². The van der Waals surface area contributed by atoms with E-state index in [-0.39, 0.29) is 29.4 Å². The van der Waals surface area contributed by atoms with Gasteiger partial charge in [0, 0.05) is 31.3 Å². The second-order valence-electron chi connectivity index (χ2n) is 8.67. The van der Waals surface area contributed by atoms with Gasteiger partial charge in [0.1, 0.15) is 11.8 Å². The van der Waals surface area contributed by atoms with E-state index in [4.69, 9.17) is 14.0 Å². The van der Waals surface area contributed by atoms with Gasteiger partial charge in [-0.25, -0.2) is 0 Å². The summed E-state index contributed by atoms with van der Waals surface area (Å²) in [5.74, 6) is 0.479. The SMILES string of the molecule is CCOC(=O)C1CCN(C(=O)C2CCCCN2C(=O)c2cc(-c3ccc(OC)cc3)on2)CC1. The van der Waals surface area contributed by atoms with Crippen LogP contribution in [0.2, 0.25) is 0 Å². The van der Waals surface area contributed by atoms with Gasteiger partial charge in [-0.05, 0) is 63.3 Å². The fourth-order valence-electron chi connectivity index (χ4n) is 4.65. The van der Waals surface area contributed by atoms with E-state index in [0.717, 1.165) is 24.2 Å². The average molecular weight is 470 g/mol. The van der Waals surface area contributed by atoms with Crippen LogP contribution in [-0.4, -0.2) is 72.1 Å². The minimum Gasteiger partial charge on any atom is -0.497 e. The number of piperidine rings is 2. The summed E-state index contributed by atoms with van der Waals surface area (Å²) < 4.78 is 15.7. The van der Waals surface area contributed by atoms with Gasteiger partial charge in [-0.15, -0.1) is 0 Å². The molecule has 2 aromatic rings. The van der Waals surface area contributed by atoms with Crippen LogP contribution in [0.3, 0.4) is 0 Å². The molecule has 2 aliphatic heterocycles. The fourth-order valence-corrected chi connectivity index (χ4v) is 4.65. The molecule has 9 heteroatoms. The van der Waals surface area contributed by atoms with Crippen LogP contribution >= 0.6 is 0 Å². The molecule has 2 amide bonds. The van der Waals surface area contributed by atoms with Gasteiger partial charge in [0.05, 0.1) is 19.6 Å². The molecule has 2 fully saturated rings. The van der Waals surface area contributed by atoms with Crippen LogP contribution in [-0.2, 0) is 14.3 Å². The zero-order chi connectivity index (χ0) is 24.1. The first-order valence-corrected chi connectivity index (χ1v) is 11.9. The average Bonchev–Trinajstić information content (AvgIpc) is 3.38. The number of ether oxygens (including phenoxy) is 2. The Bertz CT molecular complexity index is 1010. The molecule has 0 spiro atoms. The van der Waals surface area contributed by atoms with Gasteiger partial charge in [-0.1, -0.05) is 5.16 Å². The van der Waals surface area contributed by atoms with Crippen LogP contribution in [0.15, 0.2) is 34.9 Å². The van der Waals surface area contributed by atoms with Crippen LogP contribution in [0.4, 0.5) is 0 Å². The Hall–Kier alpha value is -3.36. The number of carbonyl (C=O) groups excluding carboxylic acids is 3. The van der Waals surface area contributed by atoms with Gasteiger partial charge in [0.15, 0.2) is 11.5 Å². The van der Waals surface area contributed by atoms with E-state index >= 15 is 0 Å². The standard InChI is InChI=1S/C25H31N3O6/c1-3-33-25(31)18-11-14-27(15-12-18)24(30)21-6-4-5-13-28(21)23(29)20-16-22(34-26-20)17-7-9-19(32-2)10-8-17/h7-10,16,18,21H,3-6,11-15H2,1-2H3. The summed E-state index contributed by atoms with van der Waals surface area (Å²) in [4.78, 5) is 42.1. The highest BCUT2D eigenvalue weighted by molar-refractivity contribution is 5.97. The Morgan fingerprint density at radius 1 is 1.06 bits per heavy atom. The molecule has 3 heterocycles. The Morgan fingerprint density at radius 3 is 2.47 bits per heavy atom. The molecule has 1 aromatic carbocycles. The van der Waals surface area contributed by atoms with Crippen molar-refractivity contribution < 1.29 is 28.4 Å². The fraction of sp³-hybridized carbons (Fsp3) is 0.520. The molecule has 2 saturated heterocycles. The van der Waals surface area contributed by atoms with Crippen molar-refractivity contribution in [2.45, 2.75) is 45.1 Å². The summed E-state index contributed by atoms with van der Waals surface area (Å²) in [5.41, 5.74) is 0.967. The monoisotopic (exact) mass is 469 g/mol. The first-order chi connectivity index (χ1) is 16.5. The number of likely N-dealkylation sites (tertiary alicyclic amines) is 2. The van der Waals surface area contributed by atoms with Crippen molar-refractivity contribution in [3.63, 3.8) is 0 Å². The molecular formula is C25H31N3O6. The molecule has 0 bridgehead atoms. The first kappa shape index (κ1) is 23.8. The minimum absolute atomic E-state index is 0.0609. The number of nitrogens with zero attached hydrogens (tertiary/aromatic N) is 3. The van der Waals surface area contributed by atoms with Crippen LogP contribution in [0.1, 0.15) is 49.5 Å². The highest BCUT2D eigenvalue weighted by Gasteiger charge is 2.38. The predicted molar refractivity (Wildman–Crippen MR) is 123 cm³/mol. The van der Waals surface area contributed by atoms with Gasteiger partial charge in [-0.2, -0.15) is 0 Å². The van der Waals surface area contributed by atoms with E-state index in [2.05, 4.69) is 5.16 Å². The molecular weight excluding hydrogens is 438 g/mol. The van der Waals surface area contributed by atoms with E-state index in [1.54, 1.807) is 29.9 Å². The molecule has 182 valence electrons. The maximum Gasteiger partial charge on any atom is 0.309 e. The molecule has 0 saturated carbocycles. The Morgan fingerprint density at radius 2 is 1.79 bits per heavy atom. The Labute approximate surface area is 199 Å². The van der Waals surface area contributed by atoms with Crippen LogP contribution in [0.25, 0.3) is 11.3 Å². The largest absolute Gasteiger partial charge is 0.497 e. The summed E-state index contributed by atoms with van der Waals surface area (Å²) in [6.45, 7) is 3.64. The van der Waals surface area contributed by atoms with Gasteiger partial charge in [-0.3, -0.25) is 14.4 Å². The van der Waals surface area contributed by atoms with Gasteiger partial charge in [0.2, 0.25) is 5.91 Å². The molecule has 34 heavy (non-hydrogen) atoms. The minimum atomic E-state index is -0.526. The maximum atomic E-state index is 13.3. The van der Waals surface area contributed by atoms with Gasteiger partial charge in [0.25, 0.3) is 5.91 Å². The van der Waals surface area contributed by atoms with E-state index in [1.165, 1.54) is 0 Å². The molecule has 0 N–H and O–H groups in total. The normalized spacial score (nSPS) is 19.1. The third kappa shape index (κ3) is 5.08. The highest BCUT2D eigenvalue weighted by atomic mass is 16.5. The van der Waals surface area contributed by atoms with E-state index in [9.17, 15) is 14.4 Å². The molecule has 2 aliphatic rings. The van der Waals surface area contributed by atoms with Gasteiger partial charge < -0.3 is 23.8 Å². The summed E-state index contributed by atoms with van der Waals surface area (Å²) >= 11 is 0. The van der Waals surface area contributed by atoms with Crippen LogP contribution in [0.5, 0.6) is 5.75 Å². The third-order valence-electron chi connectivity index (χ3n) is 6.58. The zero-order valence-corrected chi connectivity index (χ0v) is 19.7. The topological polar surface area (TPSA) is 102 Å². The van der Waals surface area contributed by atoms with Crippen LogP contribution < -0.4 is 4.74 Å². The number of rotatable bonds is 6. The summed E-state index contributed by atoms with van der Waals surface area (Å²) in [5, 5.41) is 3.99. The maximum absolute atomic E-state index is 13.3. The molecule has 1 aromatic heterocycles. The number of aromatic nitrogens is 1. The number of benzene rings is 1. The Balaban J connectivity index is 1.43. The number of carbonyl (C=O) groups is 3. The van der Waals surface area contributed by atoms with Crippen LogP contribution in [0, 0.1) is 5.92 Å². The van der Waals surface area contributed by atoms with Crippen molar-refractivity contribution in [2.75, 3.05) is 33.4 Å². The predicted octanol–water partition coefficient (Wildman–Crippen LogP) is 3.15. The quantitative estimate of drug-likeness (QED) is 0.599. The summed E-state index contributed by atoms with van der Waals surface area (Å²) in [6.07, 6.45) is 3.50. The van der Waals surface area contributed by atoms with Crippen molar-refractivity contribution >= 4 is 17.8 Å². The molecule has 1 unspecified atom stereocenters. The smallest absolute Gasteiger partial charge is 0.309 e. The number of hydrogen-bond acceptors (Lipinski definition) is 7. The second-order valence-corrected chi connectivity index (χ2v) is 8.67. The molecule has 4 rings (SSSR count). The Kier molecular flexibility index (Phi) is 7.49. The lowest BCUT2D eigenvalue weighted by Crippen LogP contribution is -2.54. The van der Waals surface area contributed by atoms with Crippen molar-refractivity contribution in [2.24, 2.45) is 5.92 Å². The molecule has 0 aliphatic carbocycles. The number of methoxy groups -OCH3 is 1. The lowest BCUT2D eigenvalue weighted by atomic mass is 9.94. The van der Waals surface area contributed by atoms with Crippen molar-refractivity contribution in [1.82, 2.24) is 15.0 Å². The number of esters is 1. The lowest BCUT2D eigenvalue weighted by molar-refractivity contribution is -0.152. The van der Waals surface area contributed by atoms with Crippen molar-refractivity contribution in [3.8, 4) is 17.1 Å². The summed E-state index contributed by atoms with van der Waals surface area (Å²) in [6, 6.07) is 8.38. The van der Waals surface area contributed by atoms with Crippen molar-refractivity contribution in [1.29, 1.82) is 0 Å².